The van der Waals surface area contributed by atoms with Gasteiger partial charge in [-0.3, -0.25) is 4.79 Å². The fourth-order valence-corrected chi connectivity index (χ4v) is 2.66. The Balaban J connectivity index is 1.87. The van der Waals surface area contributed by atoms with E-state index >= 15 is 0 Å². The molecule has 2 aromatic carbocycles. The molecule has 110 valence electrons. The number of para-hydroxylation sites is 1. The number of rotatable bonds is 4. The van der Waals surface area contributed by atoms with Gasteiger partial charge in [0.1, 0.15) is 0 Å². The zero-order valence-electron chi connectivity index (χ0n) is 13.0. The van der Waals surface area contributed by atoms with Crippen LogP contribution in [0.5, 0.6) is 0 Å². The first-order valence-corrected chi connectivity index (χ1v) is 7.65. The summed E-state index contributed by atoms with van der Waals surface area (Å²) in [4.78, 5) is 12.5. The van der Waals surface area contributed by atoms with Crippen molar-refractivity contribution >= 4 is 16.7 Å². The molecule has 1 aromatic heterocycles. The van der Waals surface area contributed by atoms with Crippen molar-refractivity contribution in [2.24, 2.45) is 0 Å². The Labute approximate surface area is 131 Å². The molecule has 0 unspecified atom stereocenters. The molecule has 0 saturated carbocycles. The van der Waals surface area contributed by atoms with Gasteiger partial charge in [-0.1, -0.05) is 50.2 Å². The predicted molar refractivity (Wildman–Crippen MR) is 89.0 cm³/mol. The van der Waals surface area contributed by atoms with Crippen LogP contribution in [0, 0.1) is 0 Å². The van der Waals surface area contributed by atoms with Crippen molar-refractivity contribution in [2.75, 3.05) is 0 Å². The van der Waals surface area contributed by atoms with E-state index in [2.05, 4.69) is 26.0 Å². The van der Waals surface area contributed by atoms with Crippen LogP contribution in [0.4, 0.5) is 0 Å². The van der Waals surface area contributed by atoms with Crippen molar-refractivity contribution in [3.8, 4) is 0 Å². The Morgan fingerprint density at radius 1 is 0.955 bits per heavy atom. The number of hydrogen-bond acceptors (Lipinski definition) is 1. The fourth-order valence-electron chi connectivity index (χ4n) is 2.66. The van der Waals surface area contributed by atoms with Crippen LogP contribution in [0.2, 0.25) is 0 Å². The predicted octanol–water partition coefficient (Wildman–Crippen LogP) is 4.13. The first-order valence-electron chi connectivity index (χ1n) is 7.65. The Bertz CT molecular complexity index is 798. The van der Waals surface area contributed by atoms with Gasteiger partial charge in [-0.15, -0.1) is 0 Å². The standard InChI is InChI=1S/C20H20NO/c1-15(2)16-9-11-18(12-10-16)20(22)14-21-13-5-7-17-6-3-4-8-19(17)21/h3-13,15H,14H2,1-2H3/q+1. The molecule has 0 fully saturated rings. The van der Waals surface area contributed by atoms with Crippen LogP contribution in [0.1, 0.15) is 35.7 Å². The molecule has 2 nitrogen and oxygen atoms in total. The van der Waals surface area contributed by atoms with Crippen LogP contribution >= 0.6 is 0 Å². The number of benzene rings is 2. The Morgan fingerprint density at radius 2 is 1.64 bits per heavy atom. The Hall–Kier alpha value is -2.48. The number of ketones is 1. The van der Waals surface area contributed by atoms with Crippen molar-refractivity contribution in [1.29, 1.82) is 0 Å². The van der Waals surface area contributed by atoms with Gasteiger partial charge in [0.25, 0.3) is 0 Å². The molecular formula is C20H20NO+. The fraction of sp³-hybridized carbons (Fsp3) is 0.200. The number of aromatic nitrogens is 1. The highest BCUT2D eigenvalue weighted by Gasteiger charge is 2.15. The zero-order valence-corrected chi connectivity index (χ0v) is 13.0. The second kappa shape index (κ2) is 6.10. The molecule has 0 aliphatic heterocycles. The zero-order chi connectivity index (χ0) is 15.5. The summed E-state index contributed by atoms with van der Waals surface area (Å²) >= 11 is 0. The highest BCUT2D eigenvalue weighted by atomic mass is 16.1. The van der Waals surface area contributed by atoms with Gasteiger partial charge < -0.3 is 0 Å². The summed E-state index contributed by atoms with van der Waals surface area (Å²) in [5.74, 6) is 0.619. The van der Waals surface area contributed by atoms with Crippen molar-refractivity contribution in [2.45, 2.75) is 26.3 Å². The highest BCUT2D eigenvalue weighted by Crippen LogP contribution is 2.15. The molecule has 0 aliphatic carbocycles. The molecule has 0 N–H and O–H groups in total. The van der Waals surface area contributed by atoms with Gasteiger partial charge in [-0.25, -0.2) is 0 Å². The smallest absolute Gasteiger partial charge is 0.227 e. The monoisotopic (exact) mass is 290 g/mol. The number of nitrogens with zero attached hydrogens (tertiary/aromatic N) is 1. The van der Waals surface area contributed by atoms with Gasteiger partial charge in [0.2, 0.25) is 17.8 Å². The molecule has 0 radical (unpaired) electrons. The lowest BCUT2D eigenvalue weighted by atomic mass is 10.0. The van der Waals surface area contributed by atoms with E-state index in [9.17, 15) is 4.79 Å². The second-order valence-corrected chi connectivity index (χ2v) is 5.89. The Morgan fingerprint density at radius 3 is 2.36 bits per heavy atom. The summed E-state index contributed by atoms with van der Waals surface area (Å²) in [7, 11) is 0. The largest absolute Gasteiger partial charge is 0.287 e. The highest BCUT2D eigenvalue weighted by molar-refractivity contribution is 5.95. The van der Waals surface area contributed by atoms with Crippen LogP contribution in [-0.4, -0.2) is 5.78 Å². The van der Waals surface area contributed by atoms with Gasteiger partial charge >= 0.3 is 0 Å². The second-order valence-electron chi connectivity index (χ2n) is 5.89. The van der Waals surface area contributed by atoms with E-state index in [-0.39, 0.29) is 5.78 Å². The van der Waals surface area contributed by atoms with Crippen LogP contribution in [-0.2, 0) is 6.54 Å². The summed E-state index contributed by atoms with van der Waals surface area (Å²) in [6.07, 6.45) is 1.96. The topological polar surface area (TPSA) is 20.9 Å². The number of carbonyl (C=O) groups excluding carboxylic acids is 1. The summed E-state index contributed by atoms with van der Waals surface area (Å²) in [5, 5.41) is 1.15. The van der Waals surface area contributed by atoms with Crippen molar-refractivity contribution < 1.29 is 9.36 Å². The quantitative estimate of drug-likeness (QED) is 0.523. The molecule has 0 aliphatic rings. The number of fused-ring (bicyclic) bond motifs is 1. The third-order valence-corrected chi connectivity index (χ3v) is 4.00. The number of pyridine rings is 1. The molecule has 1 heterocycles. The van der Waals surface area contributed by atoms with Crippen molar-refractivity contribution in [1.82, 2.24) is 0 Å². The first-order chi connectivity index (χ1) is 10.6. The lowest BCUT2D eigenvalue weighted by molar-refractivity contribution is -0.657. The van der Waals surface area contributed by atoms with E-state index in [1.165, 1.54) is 5.56 Å². The normalized spacial score (nSPS) is 11.0. The summed E-state index contributed by atoms with van der Waals surface area (Å²) in [5.41, 5.74) is 3.11. The molecule has 0 amide bonds. The SMILES string of the molecule is CC(C)c1ccc(C(=O)C[n+]2cccc3ccccc32)cc1. The molecule has 0 saturated heterocycles. The van der Waals surface area contributed by atoms with Crippen molar-refractivity contribution in [3.05, 3.63) is 78.0 Å². The summed E-state index contributed by atoms with van der Waals surface area (Å²) < 4.78 is 2.01. The van der Waals surface area contributed by atoms with E-state index in [1.807, 2.05) is 59.3 Å². The minimum absolute atomic E-state index is 0.136. The van der Waals surface area contributed by atoms with Crippen LogP contribution < -0.4 is 4.57 Å². The molecule has 0 bridgehead atoms. The molecule has 3 rings (SSSR count). The minimum atomic E-state index is 0.136. The number of carbonyl (C=O) groups is 1. The third kappa shape index (κ3) is 2.91. The Kier molecular flexibility index (Phi) is 4.01. The van der Waals surface area contributed by atoms with Crippen LogP contribution in [0.15, 0.2) is 66.9 Å². The van der Waals surface area contributed by atoms with Crippen LogP contribution in [0.25, 0.3) is 10.9 Å². The van der Waals surface area contributed by atoms with E-state index in [0.29, 0.717) is 12.5 Å². The summed E-state index contributed by atoms with van der Waals surface area (Å²) in [6, 6.07) is 20.1. The lowest BCUT2D eigenvalue weighted by Crippen LogP contribution is -2.38. The lowest BCUT2D eigenvalue weighted by Gasteiger charge is -2.06. The molecular weight excluding hydrogens is 270 g/mol. The van der Waals surface area contributed by atoms with E-state index in [1.54, 1.807) is 0 Å². The minimum Gasteiger partial charge on any atom is -0.287 e. The van der Waals surface area contributed by atoms with Gasteiger partial charge in [0, 0.05) is 23.1 Å². The van der Waals surface area contributed by atoms with Gasteiger partial charge in [0.15, 0.2) is 6.20 Å². The molecule has 22 heavy (non-hydrogen) atoms. The maximum Gasteiger partial charge on any atom is 0.227 e. The third-order valence-electron chi connectivity index (χ3n) is 4.00. The van der Waals surface area contributed by atoms with Crippen molar-refractivity contribution in [3.63, 3.8) is 0 Å². The number of hydrogen-bond donors (Lipinski definition) is 0. The van der Waals surface area contributed by atoms with Crippen LogP contribution in [0.3, 0.4) is 0 Å². The first kappa shape index (κ1) is 14.5. The van der Waals surface area contributed by atoms with Gasteiger partial charge in [0.05, 0.1) is 0 Å². The van der Waals surface area contributed by atoms with E-state index in [4.69, 9.17) is 0 Å². The molecule has 0 spiro atoms. The van der Waals surface area contributed by atoms with E-state index in [0.717, 1.165) is 16.5 Å². The average molecular weight is 290 g/mol. The van der Waals surface area contributed by atoms with E-state index < -0.39 is 0 Å². The summed E-state index contributed by atoms with van der Waals surface area (Å²) in [6.45, 7) is 4.67. The number of Topliss-reactive ketones (excluding diaryl/α,β-unsaturated/α-hetero) is 1. The van der Waals surface area contributed by atoms with Gasteiger partial charge in [-0.2, -0.15) is 4.57 Å². The molecule has 3 aromatic rings. The molecule has 0 atom stereocenters. The molecule has 2 heteroatoms. The average Bonchev–Trinajstić information content (AvgIpc) is 2.55. The van der Waals surface area contributed by atoms with Gasteiger partial charge in [-0.05, 0) is 23.6 Å². The maximum absolute atomic E-state index is 12.5. The maximum atomic E-state index is 12.5.